The van der Waals surface area contributed by atoms with Crippen LogP contribution >= 0.6 is 0 Å². The molecule has 0 radical (unpaired) electrons. The second kappa shape index (κ2) is 12.4. The Morgan fingerprint density at radius 1 is 0.840 bits per heavy atom. The highest BCUT2D eigenvalue weighted by Crippen LogP contribution is 2.18. The minimum Gasteiger partial charge on any atom is -0.396 e. The van der Waals surface area contributed by atoms with Gasteiger partial charge in [-0.25, -0.2) is 8.42 Å². The van der Waals surface area contributed by atoms with Crippen molar-refractivity contribution in [2.75, 3.05) is 19.7 Å². The first-order chi connectivity index (χ1) is 12.1. The summed E-state index contributed by atoms with van der Waals surface area (Å²) in [6.07, 6.45) is 9.37. The lowest BCUT2D eigenvalue weighted by Gasteiger charge is -2.21. The molecule has 0 amide bonds. The molecule has 0 saturated heterocycles. The molecule has 0 fully saturated rings. The number of aliphatic hydroxyl groups excluding tert-OH is 1. The van der Waals surface area contributed by atoms with Crippen LogP contribution in [0.3, 0.4) is 0 Å². The number of sulfonamides is 1. The Labute approximate surface area is 154 Å². The highest BCUT2D eigenvalue weighted by Gasteiger charge is 2.22. The van der Waals surface area contributed by atoms with Crippen molar-refractivity contribution in [2.45, 2.75) is 76.5 Å². The summed E-state index contributed by atoms with van der Waals surface area (Å²) in [6.45, 7) is 5.46. The maximum absolute atomic E-state index is 12.7. The van der Waals surface area contributed by atoms with Gasteiger partial charge in [-0.15, -0.1) is 0 Å². The maximum Gasteiger partial charge on any atom is 0.243 e. The van der Waals surface area contributed by atoms with E-state index in [0.717, 1.165) is 38.5 Å². The van der Waals surface area contributed by atoms with Crippen molar-refractivity contribution >= 4 is 10.0 Å². The van der Waals surface area contributed by atoms with Crippen molar-refractivity contribution < 1.29 is 13.5 Å². The summed E-state index contributed by atoms with van der Waals surface area (Å²) in [6, 6.07) is 7.41. The predicted molar refractivity (Wildman–Crippen MR) is 104 cm³/mol. The Balaban J connectivity index is 2.51. The lowest BCUT2D eigenvalue weighted by Crippen LogP contribution is -2.32. The highest BCUT2D eigenvalue weighted by molar-refractivity contribution is 7.89. The zero-order valence-corrected chi connectivity index (χ0v) is 16.7. The first-order valence-electron chi connectivity index (χ1n) is 9.76. The molecule has 1 aromatic rings. The van der Waals surface area contributed by atoms with E-state index in [0.29, 0.717) is 24.6 Å². The molecule has 0 heterocycles. The minimum absolute atomic E-state index is 0.295. The number of nitrogens with zero attached hydrogens (tertiary/aromatic N) is 1. The molecule has 0 aliphatic heterocycles. The average molecular weight is 370 g/mol. The van der Waals surface area contributed by atoms with Crippen LogP contribution in [0.25, 0.3) is 0 Å². The molecule has 0 atom stereocenters. The first kappa shape index (κ1) is 22.1. The lowest BCUT2D eigenvalue weighted by molar-refractivity contribution is 0.282. The van der Waals surface area contributed by atoms with Crippen LogP contribution in [0.5, 0.6) is 0 Å². The van der Waals surface area contributed by atoms with Crippen LogP contribution < -0.4 is 0 Å². The monoisotopic (exact) mass is 369 g/mol. The number of hydrogen-bond acceptors (Lipinski definition) is 3. The third-order valence-corrected chi connectivity index (χ3v) is 6.29. The maximum atomic E-state index is 12.7. The number of aryl methyl sites for hydroxylation is 1. The van der Waals surface area contributed by atoms with E-state index in [1.807, 2.05) is 26.0 Å². The molecule has 144 valence electrons. The molecule has 1 rings (SSSR count). The number of hydrogen-bond donors (Lipinski definition) is 1. The van der Waals surface area contributed by atoms with Crippen molar-refractivity contribution in [3.63, 3.8) is 0 Å². The van der Waals surface area contributed by atoms with E-state index < -0.39 is 10.0 Å². The molecule has 1 N–H and O–H groups in total. The van der Waals surface area contributed by atoms with Crippen molar-refractivity contribution in [3.8, 4) is 0 Å². The second-order valence-electron chi connectivity index (χ2n) is 6.64. The van der Waals surface area contributed by atoms with Gasteiger partial charge in [0.05, 0.1) is 4.90 Å². The smallest absolute Gasteiger partial charge is 0.243 e. The van der Waals surface area contributed by atoms with Gasteiger partial charge in [0.25, 0.3) is 0 Å². The van der Waals surface area contributed by atoms with Gasteiger partial charge in [0.1, 0.15) is 0 Å². The highest BCUT2D eigenvalue weighted by atomic mass is 32.2. The SMILES string of the molecule is CCCN(CCC)S(=O)(=O)c1ccc(CCCCCCCCO)cc1. The van der Waals surface area contributed by atoms with E-state index >= 15 is 0 Å². The van der Waals surface area contributed by atoms with E-state index in [9.17, 15) is 8.42 Å². The van der Waals surface area contributed by atoms with E-state index in [4.69, 9.17) is 5.11 Å². The summed E-state index contributed by atoms with van der Waals surface area (Å²) in [5, 5.41) is 8.75. The summed E-state index contributed by atoms with van der Waals surface area (Å²) in [4.78, 5) is 0.405. The second-order valence-corrected chi connectivity index (χ2v) is 8.58. The quantitative estimate of drug-likeness (QED) is 0.495. The third-order valence-electron chi connectivity index (χ3n) is 4.38. The van der Waals surface area contributed by atoms with Crippen molar-refractivity contribution in [3.05, 3.63) is 29.8 Å². The van der Waals surface area contributed by atoms with E-state index in [1.54, 1.807) is 16.4 Å². The van der Waals surface area contributed by atoms with Gasteiger partial charge in [0.15, 0.2) is 0 Å². The summed E-state index contributed by atoms with van der Waals surface area (Å²) in [5.41, 5.74) is 1.20. The zero-order chi connectivity index (χ0) is 18.5. The molecule has 1 aromatic carbocycles. The topological polar surface area (TPSA) is 57.6 Å². The van der Waals surface area contributed by atoms with Crippen LogP contribution in [0.1, 0.15) is 70.8 Å². The molecule has 4 nitrogen and oxygen atoms in total. The van der Waals surface area contributed by atoms with E-state index in [-0.39, 0.29) is 0 Å². The number of rotatable bonds is 14. The van der Waals surface area contributed by atoms with E-state index in [2.05, 4.69) is 0 Å². The van der Waals surface area contributed by atoms with Gasteiger partial charge in [0.2, 0.25) is 10.0 Å². The first-order valence-corrected chi connectivity index (χ1v) is 11.2. The molecule has 0 aliphatic rings. The Kier molecular flexibility index (Phi) is 11.0. The van der Waals surface area contributed by atoms with Gasteiger partial charge in [0, 0.05) is 19.7 Å². The van der Waals surface area contributed by atoms with Crippen LogP contribution in [0.15, 0.2) is 29.2 Å². The van der Waals surface area contributed by atoms with Crippen LogP contribution in [0.4, 0.5) is 0 Å². The lowest BCUT2D eigenvalue weighted by atomic mass is 10.1. The summed E-state index contributed by atoms with van der Waals surface area (Å²) in [7, 11) is -3.37. The molecule has 0 unspecified atom stereocenters. The molecule has 0 aromatic heterocycles. The van der Waals surface area contributed by atoms with Crippen LogP contribution in [0, 0.1) is 0 Å². The molecule has 5 heteroatoms. The standard InChI is InChI=1S/C20H35NO3S/c1-3-16-21(17-4-2)25(23,24)20-14-12-19(13-15-20)11-9-7-5-6-8-10-18-22/h12-15,22H,3-11,16-18H2,1-2H3. The molecule has 0 spiro atoms. The number of unbranched alkanes of at least 4 members (excludes halogenated alkanes) is 5. The predicted octanol–water partition coefficient (Wildman–Crippen LogP) is 4.37. The molecule has 25 heavy (non-hydrogen) atoms. The molecular weight excluding hydrogens is 334 g/mol. The molecule has 0 bridgehead atoms. The Morgan fingerprint density at radius 3 is 1.88 bits per heavy atom. The Bertz CT molecular complexity index is 549. The molecule has 0 saturated carbocycles. The van der Waals surface area contributed by atoms with Crippen molar-refractivity contribution in [1.82, 2.24) is 4.31 Å². The van der Waals surface area contributed by atoms with Gasteiger partial charge >= 0.3 is 0 Å². The average Bonchev–Trinajstić information content (AvgIpc) is 2.61. The Hall–Kier alpha value is -0.910. The van der Waals surface area contributed by atoms with Gasteiger partial charge in [-0.3, -0.25) is 0 Å². The van der Waals surface area contributed by atoms with Gasteiger partial charge < -0.3 is 5.11 Å². The van der Waals surface area contributed by atoms with Crippen LogP contribution in [-0.4, -0.2) is 37.5 Å². The number of aliphatic hydroxyl groups is 1. The van der Waals surface area contributed by atoms with E-state index in [1.165, 1.54) is 24.8 Å². The van der Waals surface area contributed by atoms with Gasteiger partial charge in [-0.05, 0) is 49.8 Å². The number of benzene rings is 1. The fourth-order valence-corrected chi connectivity index (χ4v) is 4.60. The fourth-order valence-electron chi connectivity index (χ4n) is 2.98. The minimum atomic E-state index is -3.37. The zero-order valence-electron chi connectivity index (χ0n) is 15.9. The van der Waals surface area contributed by atoms with Gasteiger partial charge in [-0.2, -0.15) is 4.31 Å². The van der Waals surface area contributed by atoms with Crippen LogP contribution in [0.2, 0.25) is 0 Å². The Morgan fingerprint density at radius 2 is 1.36 bits per heavy atom. The van der Waals surface area contributed by atoms with Gasteiger partial charge in [-0.1, -0.05) is 51.7 Å². The largest absolute Gasteiger partial charge is 0.396 e. The summed E-state index contributed by atoms with van der Waals surface area (Å²) >= 11 is 0. The van der Waals surface area contributed by atoms with Crippen molar-refractivity contribution in [2.24, 2.45) is 0 Å². The van der Waals surface area contributed by atoms with Crippen molar-refractivity contribution in [1.29, 1.82) is 0 Å². The third kappa shape index (κ3) is 7.89. The van der Waals surface area contributed by atoms with Crippen LogP contribution in [-0.2, 0) is 16.4 Å². The normalized spacial score (nSPS) is 12.0. The summed E-state index contributed by atoms with van der Waals surface area (Å²) in [5.74, 6) is 0. The molecule has 0 aliphatic carbocycles. The fraction of sp³-hybridized carbons (Fsp3) is 0.700. The summed E-state index contributed by atoms with van der Waals surface area (Å²) < 4.78 is 27.0. The molecular formula is C20H35NO3S.